The fourth-order valence-corrected chi connectivity index (χ4v) is 2.56. The van der Waals surface area contributed by atoms with Crippen molar-refractivity contribution in [2.24, 2.45) is 5.92 Å². The average molecular weight is 253 g/mol. The Balaban J connectivity index is 2.22. The maximum absolute atomic E-state index is 11.5. The van der Waals surface area contributed by atoms with Gasteiger partial charge in [0.1, 0.15) is 5.01 Å². The van der Waals surface area contributed by atoms with Gasteiger partial charge in [0.2, 0.25) is 4.96 Å². The van der Waals surface area contributed by atoms with E-state index in [1.165, 1.54) is 11.3 Å². The van der Waals surface area contributed by atoms with Gasteiger partial charge in [0.25, 0.3) is 0 Å². The Kier molecular flexibility index (Phi) is 3.42. The molecule has 0 bridgehead atoms. The number of imidazole rings is 1. The first kappa shape index (κ1) is 12.0. The largest absolute Gasteiger partial charge is 0.461 e. The summed E-state index contributed by atoms with van der Waals surface area (Å²) in [6.07, 6.45) is 2.55. The van der Waals surface area contributed by atoms with Gasteiger partial charge in [0, 0.05) is 6.42 Å². The average Bonchev–Trinajstić information content (AvgIpc) is 2.74. The molecule has 5 nitrogen and oxygen atoms in total. The van der Waals surface area contributed by atoms with Gasteiger partial charge in [-0.3, -0.25) is 0 Å². The molecule has 6 heteroatoms. The molecular formula is C11H15N3O2S. The van der Waals surface area contributed by atoms with Gasteiger partial charge in [-0.15, -0.1) is 0 Å². The smallest absolute Gasteiger partial charge is 0.358 e. The number of ether oxygens (including phenoxy) is 1. The molecular weight excluding hydrogens is 238 g/mol. The number of hydrogen-bond acceptors (Lipinski definition) is 5. The van der Waals surface area contributed by atoms with Crippen molar-refractivity contribution < 1.29 is 9.53 Å². The summed E-state index contributed by atoms with van der Waals surface area (Å²) in [6.45, 7) is 6.42. The van der Waals surface area contributed by atoms with Gasteiger partial charge in [-0.2, -0.15) is 5.10 Å². The van der Waals surface area contributed by atoms with E-state index in [0.717, 1.165) is 16.4 Å². The summed E-state index contributed by atoms with van der Waals surface area (Å²) in [5, 5.41) is 5.42. The summed E-state index contributed by atoms with van der Waals surface area (Å²) in [5.74, 6) is 0.172. The van der Waals surface area contributed by atoms with Crippen LogP contribution in [-0.2, 0) is 11.2 Å². The molecule has 0 fully saturated rings. The number of esters is 1. The summed E-state index contributed by atoms with van der Waals surface area (Å²) in [4.78, 5) is 16.4. The van der Waals surface area contributed by atoms with Gasteiger partial charge in [0.05, 0.1) is 12.8 Å². The van der Waals surface area contributed by atoms with E-state index >= 15 is 0 Å². The molecule has 0 aromatic carbocycles. The summed E-state index contributed by atoms with van der Waals surface area (Å²) in [7, 11) is 0. The zero-order chi connectivity index (χ0) is 12.4. The number of rotatable bonds is 4. The van der Waals surface area contributed by atoms with Gasteiger partial charge in [-0.25, -0.2) is 14.3 Å². The maximum atomic E-state index is 11.5. The molecule has 17 heavy (non-hydrogen) atoms. The fraction of sp³-hybridized carbons (Fsp3) is 0.545. The van der Waals surface area contributed by atoms with Gasteiger partial charge in [-0.1, -0.05) is 25.2 Å². The summed E-state index contributed by atoms with van der Waals surface area (Å²) >= 11 is 1.51. The van der Waals surface area contributed by atoms with Crippen molar-refractivity contribution in [1.82, 2.24) is 14.6 Å². The van der Waals surface area contributed by atoms with E-state index in [0.29, 0.717) is 18.2 Å². The van der Waals surface area contributed by atoms with Crippen molar-refractivity contribution >= 4 is 22.3 Å². The first-order valence-corrected chi connectivity index (χ1v) is 6.44. The second-order valence-corrected chi connectivity index (χ2v) is 5.21. The Morgan fingerprint density at radius 3 is 2.94 bits per heavy atom. The quantitative estimate of drug-likeness (QED) is 0.783. The van der Waals surface area contributed by atoms with Crippen LogP contribution in [0.2, 0.25) is 0 Å². The molecule has 2 heterocycles. The number of aromatic nitrogens is 3. The van der Waals surface area contributed by atoms with Crippen LogP contribution in [0.25, 0.3) is 4.96 Å². The van der Waals surface area contributed by atoms with Gasteiger partial charge >= 0.3 is 5.97 Å². The lowest BCUT2D eigenvalue weighted by molar-refractivity contribution is 0.0520. The molecule has 0 aliphatic heterocycles. The van der Waals surface area contributed by atoms with E-state index in [1.807, 2.05) is 0 Å². The minimum atomic E-state index is -0.393. The number of carbonyl (C=O) groups is 1. The number of nitrogens with zero attached hydrogens (tertiary/aromatic N) is 3. The Hall–Kier alpha value is -1.43. The van der Waals surface area contributed by atoms with E-state index in [1.54, 1.807) is 17.6 Å². The molecule has 2 aromatic rings. The van der Waals surface area contributed by atoms with Crippen molar-refractivity contribution in [3.05, 3.63) is 16.9 Å². The van der Waals surface area contributed by atoms with Crippen molar-refractivity contribution in [3.63, 3.8) is 0 Å². The van der Waals surface area contributed by atoms with Crippen LogP contribution < -0.4 is 0 Å². The zero-order valence-electron chi connectivity index (χ0n) is 10.1. The van der Waals surface area contributed by atoms with E-state index in [9.17, 15) is 4.79 Å². The lowest BCUT2D eigenvalue weighted by Gasteiger charge is -1.97. The van der Waals surface area contributed by atoms with Crippen molar-refractivity contribution in [3.8, 4) is 0 Å². The number of carbonyl (C=O) groups excluding carboxylic acids is 1. The monoisotopic (exact) mass is 253 g/mol. The highest BCUT2D eigenvalue weighted by atomic mass is 32.1. The number of fused-ring (bicyclic) bond motifs is 1. The molecule has 0 N–H and O–H groups in total. The van der Waals surface area contributed by atoms with Crippen LogP contribution >= 0.6 is 11.3 Å². The molecule has 0 atom stereocenters. The molecule has 0 amide bonds. The Morgan fingerprint density at radius 1 is 1.59 bits per heavy atom. The minimum absolute atomic E-state index is 0.321. The molecule has 0 saturated heterocycles. The molecule has 0 radical (unpaired) electrons. The van der Waals surface area contributed by atoms with Crippen LogP contribution in [-0.4, -0.2) is 27.2 Å². The molecule has 0 spiro atoms. The number of hydrogen-bond donors (Lipinski definition) is 0. The van der Waals surface area contributed by atoms with Crippen molar-refractivity contribution in [2.75, 3.05) is 6.61 Å². The molecule has 2 rings (SSSR count). The second-order valence-electron chi connectivity index (χ2n) is 4.17. The third kappa shape index (κ3) is 2.63. The van der Waals surface area contributed by atoms with Crippen molar-refractivity contribution in [1.29, 1.82) is 0 Å². The highest BCUT2D eigenvalue weighted by molar-refractivity contribution is 7.16. The van der Waals surface area contributed by atoms with Gasteiger partial charge < -0.3 is 4.74 Å². The van der Waals surface area contributed by atoms with Gasteiger partial charge in [-0.05, 0) is 12.8 Å². The first-order chi connectivity index (χ1) is 8.10. The molecule has 0 aliphatic rings. The maximum Gasteiger partial charge on any atom is 0.358 e. The predicted molar refractivity (Wildman–Crippen MR) is 65.4 cm³/mol. The van der Waals surface area contributed by atoms with E-state index < -0.39 is 5.97 Å². The third-order valence-corrected chi connectivity index (χ3v) is 3.10. The topological polar surface area (TPSA) is 56.5 Å². The van der Waals surface area contributed by atoms with Gasteiger partial charge in [0.15, 0.2) is 5.69 Å². The lowest BCUT2D eigenvalue weighted by Crippen LogP contribution is -2.04. The van der Waals surface area contributed by atoms with Crippen LogP contribution in [0.3, 0.4) is 0 Å². The molecule has 0 aliphatic carbocycles. The zero-order valence-corrected chi connectivity index (χ0v) is 11.0. The SMILES string of the molecule is CCOC(=O)c1cn2nc(CC(C)C)sc2n1. The molecule has 0 saturated carbocycles. The summed E-state index contributed by atoms with van der Waals surface area (Å²) in [6, 6.07) is 0. The highest BCUT2D eigenvalue weighted by Crippen LogP contribution is 2.17. The first-order valence-electron chi connectivity index (χ1n) is 5.62. The standard InChI is InChI=1S/C11H15N3O2S/c1-4-16-10(15)8-6-14-11(12-8)17-9(13-14)5-7(2)3/h6-7H,4-5H2,1-3H3. The van der Waals surface area contributed by atoms with Crippen LogP contribution in [0.4, 0.5) is 0 Å². The molecule has 2 aromatic heterocycles. The summed E-state index contributed by atoms with van der Waals surface area (Å²) < 4.78 is 6.53. The van der Waals surface area contributed by atoms with Crippen LogP contribution in [0.15, 0.2) is 6.20 Å². The van der Waals surface area contributed by atoms with Crippen LogP contribution in [0.1, 0.15) is 36.3 Å². The Bertz CT molecular complexity index is 498. The predicted octanol–water partition coefficient (Wildman–Crippen LogP) is 2.17. The summed E-state index contributed by atoms with van der Waals surface area (Å²) in [5.41, 5.74) is 0.321. The molecule has 92 valence electrons. The van der Waals surface area contributed by atoms with Crippen LogP contribution in [0, 0.1) is 5.92 Å². The van der Waals surface area contributed by atoms with Crippen LogP contribution in [0.5, 0.6) is 0 Å². The highest BCUT2D eigenvalue weighted by Gasteiger charge is 2.14. The minimum Gasteiger partial charge on any atom is -0.461 e. The molecule has 0 unspecified atom stereocenters. The normalized spacial score (nSPS) is 11.3. The van der Waals surface area contributed by atoms with E-state index in [4.69, 9.17) is 4.74 Å². The third-order valence-electron chi connectivity index (χ3n) is 2.15. The second kappa shape index (κ2) is 4.83. The Morgan fingerprint density at radius 2 is 2.35 bits per heavy atom. The van der Waals surface area contributed by atoms with E-state index in [-0.39, 0.29) is 0 Å². The Labute approximate surface area is 103 Å². The van der Waals surface area contributed by atoms with E-state index in [2.05, 4.69) is 23.9 Å². The lowest BCUT2D eigenvalue weighted by atomic mass is 10.1. The van der Waals surface area contributed by atoms with Crippen molar-refractivity contribution in [2.45, 2.75) is 27.2 Å². The fourth-order valence-electron chi connectivity index (χ4n) is 1.48.